The molecule has 0 saturated carbocycles. The van der Waals surface area contributed by atoms with Crippen LogP contribution in [0.2, 0.25) is 0 Å². The molecular weight excluding hydrogens is 329 g/mol. The molecular formula is C15H17F3N2O4. The zero-order valence-electron chi connectivity index (χ0n) is 12.9. The van der Waals surface area contributed by atoms with Gasteiger partial charge in [-0.3, -0.25) is 14.4 Å². The van der Waals surface area contributed by atoms with Gasteiger partial charge in [0.25, 0.3) is 0 Å². The normalized spacial score (nSPS) is 12.3. The Morgan fingerprint density at radius 3 is 2.50 bits per heavy atom. The molecule has 6 nitrogen and oxygen atoms in total. The van der Waals surface area contributed by atoms with E-state index in [0.717, 1.165) is 12.1 Å². The molecule has 0 bridgehead atoms. The van der Waals surface area contributed by atoms with Crippen LogP contribution in [0.5, 0.6) is 0 Å². The predicted molar refractivity (Wildman–Crippen MR) is 77.5 cm³/mol. The van der Waals surface area contributed by atoms with Gasteiger partial charge >= 0.3 is 12.1 Å². The number of primary amides is 1. The third-order valence-electron chi connectivity index (χ3n) is 2.97. The lowest BCUT2D eigenvalue weighted by atomic mass is 10.1. The minimum absolute atomic E-state index is 0.0997. The van der Waals surface area contributed by atoms with Crippen LogP contribution < -0.4 is 11.1 Å². The molecule has 1 atom stereocenters. The molecule has 24 heavy (non-hydrogen) atoms. The van der Waals surface area contributed by atoms with Crippen LogP contribution in [0.15, 0.2) is 24.3 Å². The van der Waals surface area contributed by atoms with Crippen molar-refractivity contribution in [1.29, 1.82) is 0 Å². The van der Waals surface area contributed by atoms with Crippen LogP contribution in [0.1, 0.15) is 24.5 Å². The molecule has 2 amide bonds. The molecule has 0 spiro atoms. The van der Waals surface area contributed by atoms with Crippen LogP contribution in [0.25, 0.3) is 0 Å². The van der Waals surface area contributed by atoms with Crippen LogP contribution >= 0.6 is 0 Å². The number of carbonyl (C=O) groups is 3. The first kappa shape index (κ1) is 19.5. The Hall–Kier alpha value is -2.58. The summed E-state index contributed by atoms with van der Waals surface area (Å²) in [6.45, 7) is 1.67. The van der Waals surface area contributed by atoms with Crippen molar-refractivity contribution in [2.24, 2.45) is 5.73 Å². The highest BCUT2D eigenvalue weighted by Crippen LogP contribution is 2.29. The predicted octanol–water partition coefficient (Wildman–Crippen LogP) is 1.17. The third-order valence-corrected chi connectivity index (χ3v) is 2.97. The van der Waals surface area contributed by atoms with Gasteiger partial charge in [-0.25, -0.2) is 0 Å². The van der Waals surface area contributed by atoms with Crippen molar-refractivity contribution >= 4 is 17.8 Å². The van der Waals surface area contributed by atoms with Gasteiger partial charge in [-0.2, -0.15) is 13.2 Å². The molecule has 1 rings (SSSR count). The number of rotatable bonds is 7. The first-order valence-electron chi connectivity index (χ1n) is 7.04. The van der Waals surface area contributed by atoms with Gasteiger partial charge in [-0.15, -0.1) is 0 Å². The smallest absolute Gasteiger partial charge is 0.416 e. The number of carbonyl (C=O) groups excluding carboxylic acids is 3. The number of nitrogens with two attached hydrogens (primary N) is 1. The number of hydrogen-bond acceptors (Lipinski definition) is 4. The average molecular weight is 346 g/mol. The van der Waals surface area contributed by atoms with E-state index in [-0.39, 0.29) is 12.2 Å². The summed E-state index contributed by atoms with van der Waals surface area (Å²) in [5, 5.41) is 2.22. The summed E-state index contributed by atoms with van der Waals surface area (Å²) in [4.78, 5) is 34.5. The van der Waals surface area contributed by atoms with E-state index < -0.39 is 48.4 Å². The van der Waals surface area contributed by atoms with Gasteiger partial charge in [0.2, 0.25) is 11.8 Å². The summed E-state index contributed by atoms with van der Waals surface area (Å²) in [7, 11) is 0. The number of amides is 2. The van der Waals surface area contributed by atoms with Crippen LogP contribution in [-0.2, 0) is 31.7 Å². The Labute approximate surface area is 136 Å². The molecule has 0 aromatic heterocycles. The Morgan fingerprint density at radius 1 is 1.29 bits per heavy atom. The topological polar surface area (TPSA) is 98.5 Å². The molecule has 0 unspecified atom stereocenters. The Morgan fingerprint density at radius 2 is 1.96 bits per heavy atom. The highest BCUT2D eigenvalue weighted by Gasteiger charge is 2.30. The molecule has 3 N–H and O–H groups in total. The molecule has 0 aliphatic carbocycles. The summed E-state index contributed by atoms with van der Waals surface area (Å²) < 4.78 is 42.5. The average Bonchev–Trinajstić information content (AvgIpc) is 2.46. The Balaban J connectivity index is 2.73. The fraction of sp³-hybridized carbons (Fsp3) is 0.400. The standard InChI is InChI=1S/C15H17F3N2O4/c1-2-24-13(22)8-11(14(19)23)20-12(21)7-9-4-3-5-10(6-9)15(16,17)18/h3-6,11H,2,7-8H2,1H3,(H2,19,23)(H,20,21)/t11-/m1/s1. The maximum atomic E-state index is 12.6. The Bertz CT molecular complexity index is 617. The summed E-state index contributed by atoms with van der Waals surface area (Å²) >= 11 is 0. The Kier molecular flexibility index (Phi) is 6.75. The molecule has 1 aromatic carbocycles. The lowest BCUT2D eigenvalue weighted by molar-refractivity contribution is -0.145. The fourth-order valence-corrected chi connectivity index (χ4v) is 1.90. The molecule has 0 saturated heterocycles. The molecule has 9 heteroatoms. The van der Waals surface area contributed by atoms with Crippen LogP contribution in [-0.4, -0.2) is 30.4 Å². The van der Waals surface area contributed by atoms with Crippen molar-refractivity contribution < 1.29 is 32.3 Å². The zero-order chi connectivity index (χ0) is 18.3. The quantitative estimate of drug-likeness (QED) is 0.724. The second-order valence-electron chi connectivity index (χ2n) is 4.91. The fourth-order valence-electron chi connectivity index (χ4n) is 1.90. The number of halogens is 3. The summed E-state index contributed by atoms with van der Waals surface area (Å²) in [5.41, 5.74) is 4.32. The van der Waals surface area contributed by atoms with E-state index in [2.05, 4.69) is 10.1 Å². The number of esters is 1. The second-order valence-corrected chi connectivity index (χ2v) is 4.91. The van der Waals surface area contributed by atoms with Crippen LogP contribution in [0, 0.1) is 0 Å². The van der Waals surface area contributed by atoms with Crippen molar-refractivity contribution in [3.63, 3.8) is 0 Å². The maximum Gasteiger partial charge on any atom is 0.416 e. The molecule has 1 aromatic rings. The van der Waals surface area contributed by atoms with E-state index in [4.69, 9.17) is 5.73 Å². The van der Waals surface area contributed by atoms with Gasteiger partial charge in [0.05, 0.1) is 25.0 Å². The van der Waals surface area contributed by atoms with Crippen LogP contribution in [0.3, 0.4) is 0 Å². The monoisotopic (exact) mass is 346 g/mol. The summed E-state index contributed by atoms with van der Waals surface area (Å²) in [6.07, 6.45) is -5.36. The summed E-state index contributed by atoms with van der Waals surface area (Å²) in [6, 6.07) is 2.95. The lowest BCUT2D eigenvalue weighted by Crippen LogP contribution is -2.46. The largest absolute Gasteiger partial charge is 0.466 e. The van der Waals surface area contributed by atoms with Crippen molar-refractivity contribution in [2.75, 3.05) is 6.61 Å². The SMILES string of the molecule is CCOC(=O)C[C@@H](NC(=O)Cc1cccc(C(F)(F)F)c1)C(N)=O. The molecule has 0 radical (unpaired) electrons. The molecule has 0 aliphatic heterocycles. The highest BCUT2D eigenvalue weighted by molar-refractivity contribution is 5.90. The lowest BCUT2D eigenvalue weighted by Gasteiger charge is -2.15. The second kappa shape index (κ2) is 8.32. The minimum Gasteiger partial charge on any atom is -0.466 e. The van der Waals surface area contributed by atoms with E-state index in [1.54, 1.807) is 6.92 Å². The maximum absolute atomic E-state index is 12.6. The number of ether oxygens (including phenoxy) is 1. The molecule has 0 aliphatic rings. The van der Waals surface area contributed by atoms with Crippen molar-refractivity contribution in [1.82, 2.24) is 5.32 Å². The van der Waals surface area contributed by atoms with E-state index in [1.807, 2.05) is 0 Å². The first-order valence-corrected chi connectivity index (χ1v) is 7.04. The van der Waals surface area contributed by atoms with Gasteiger partial charge < -0.3 is 15.8 Å². The number of benzene rings is 1. The van der Waals surface area contributed by atoms with E-state index in [1.165, 1.54) is 12.1 Å². The number of hydrogen-bond donors (Lipinski definition) is 2. The third kappa shape index (κ3) is 6.27. The van der Waals surface area contributed by atoms with Crippen molar-refractivity contribution in [3.8, 4) is 0 Å². The van der Waals surface area contributed by atoms with Crippen molar-refractivity contribution in [3.05, 3.63) is 35.4 Å². The van der Waals surface area contributed by atoms with Gasteiger partial charge in [-0.05, 0) is 18.6 Å². The van der Waals surface area contributed by atoms with E-state index >= 15 is 0 Å². The summed E-state index contributed by atoms with van der Waals surface area (Å²) in [5.74, 6) is -2.40. The first-order chi connectivity index (χ1) is 11.1. The van der Waals surface area contributed by atoms with Gasteiger partial charge in [0, 0.05) is 0 Å². The van der Waals surface area contributed by atoms with Gasteiger partial charge in [0.1, 0.15) is 6.04 Å². The number of nitrogens with one attached hydrogen (secondary N) is 1. The minimum atomic E-state index is -4.52. The van der Waals surface area contributed by atoms with E-state index in [0.29, 0.717) is 0 Å². The molecule has 0 heterocycles. The van der Waals surface area contributed by atoms with Crippen LogP contribution in [0.4, 0.5) is 13.2 Å². The van der Waals surface area contributed by atoms with Gasteiger partial charge in [0.15, 0.2) is 0 Å². The number of alkyl halides is 3. The molecule has 132 valence electrons. The van der Waals surface area contributed by atoms with Gasteiger partial charge in [-0.1, -0.05) is 18.2 Å². The zero-order valence-corrected chi connectivity index (χ0v) is 12.9. The van der Waals surface area contributed by atoms with E-state index in [9.17, 15) is 27.6 Å². The highest BCUT2D eigenvalue weighted by atomic mass is 19.4. The van der Waals surface area contributed by atoms with Crippen molar-refractivity contribution in [2.45, 2.75) is 32.0 Å². The molecule has 0 fully saturated rings.